The van der Waals surface area contributed by atoms with Gasteiger partial charge >= 0.3 is 0 Å². The summed E-state index contributed by atoms with van der Waals surface area (Å²) in [6.45, 7) is 3.60. The molecule has 0 aliphatic heterocycles. The fraction of sp³-hybridized carbons (Fsp3) is 0.412. The van der Waals surface area contributed by atoms with Crippen LogP contribution in [0.4, 0.5) is 0 Å². The van der Waals surface area contributed by atoms with Crippen LogP contribution in [0.2, 0.25) is 0 Å². The van der Waals surface area contributed by atoms with Crippen LogP contribution in [0.15, 0.2) is 29.6 Å². The van der Waals surface area contributed by atoms with Crippen LogP contribution in [0.25, 0.3) is 0 Å². The Morgan fingerprint density at radius 2 is 2.22 bits per heavy atom. The third-order valence-corrected chi connectivity index (χ3v) is 4.23. The standard InChI is InChI=1S/C17H22N2O3S/c1-3-17-19-14(12-23-17)10-16(20)18-11-13-5-4-6-15(9-13)22-8-7-21-2/h4-6,9,12H,3,7-8,10-11H2,1-2H3,(H,18,20). The first-order valence-electron chi connectivity index (χ1n) is 7.62. The lowest BCUT2D eigenvalue weighted by atomic mass is 10.2. The molecule has 0 aliphatic carbocycles. The number of methoxy groups -OCH3 is 1. The van der Waals surface area contributed by atoms with E-state index < -0.39 is 0 Å². The Labute approximate surface area is 140 Å². The maximum atomic E-state index is 12.0. The molecule has 124 valence electrons. The number of carbonyl (C=O) groups is 1. The number of hydrogen-bond acceptors (Lipinski definition) is 5. The highest BCUT2D eigenvalue weighted by molar-refractivity contribution is 7.09. The summed E-state index contributed by atoms with van der Waals surface area (Å²) >= 11 is 1.60. The van der Waals surface area contributed by atoms with E-state index in [1.165, 1.54) is 0 Å². The quantitative estimate of drug-likeness (QED) is 0.716. The van der Waals surface area contributed by atoms with E-state index in [0.29, 0.717) is 26.2 Å². The second-order valence-electron chi connectivity index (χ2n) is 5.03. The molecular formula is C17H22N2O3S. The molecule has 0 fully saturated rings. The number of nitrogens with one attached hydrogen (secondary N) is 1. The highest BCUT2D eigenvalue weighted by Crippen LogP contribution is 2.13. The summed E-state index contributed by atoms with van der Waals surface area (Å²) in [6.07, 6.45) is 1.22. The molecule has 0 radical (unpaired) electrons. The van der Waals surface area contributed by atoms with E-state index in [9.17, 15) is 4.79 Å². The monoisotopic (exact) mass is 334 g/mol. The molecule has 0 bridgehead atoms. The number of hydrogen-bond donors (Lipinski definition) is 1. The normalized spacial score (nSPS) is 10.5. The van der Waals surface area contributed by atoms with Crippen LogP contribution >= 0.6 is 11.3 Å². The summed E-state index contributed by atoms with van der Waals surface area (Å²) in [4.78, 5) is 16.4. The molecule has 6 heteroatoms. The van der Waals surface area contributed by atoms with Gasteiger partial charge in [0.25, 0.3) is 0 Å². The number of aryl methyl sites for hydroxylation is 1. The van der Waals surface area contributed by atoms with Crippen molar-refractivity contribution >= 4 is 17.2 Å². The van der Waals surface area contributed by atoms with E-state index >= 15 is 0 Å². The van der Waals surface area contributed by atoms with Crippen molar-refractivity contribution in [2.24, 2.45) is 0 Å². The lowest BCUT2D eigenvalue weighted by Crippen LogP contribution is -2.24. The summed E-state index contributed by atoms with van der Waals surface area (Å²) in [5.41, 5.74) is 1.83. The summed E-state index contributed by atoms with van der Waals surface area (Å²) in [7, 11) is 1.64. The van der Waals surface area contributed by atoms with Crippen molar-refractivity contribution in [1.82, 2.24) is 10.3 Å². The fourth-order valence-corrected chi connectivity index (χ4v) is 2.75. The summed E-state index contributed by atoms with van der Waals surface area (Å²) < 4.78 is 10.5. The molecule has 0 atom stereocenters. The number of nitrogens with zero attached hydrogens (tertiary/aromatic N) is 1. The van der Waals surface area contributed by atoms with Crippen LogP contribution in [0.1, 0.15) is 23.2 Å². The Balaban J connectivity index is 1.80. The molecule has 2 rings (SSSR count). The Morgan fingerprint density at radius 1 is 1.35 bits per heavy atom. The van der Waals surface area contributed by atoms with Crippen LogP contribution in [-0.4, -0.2) is 31.2 Å². The molecular weight excluding hydrogens is 312 g/mol. The van der Waals surface area contributed by atoms with Gasteiger partial charge in [0.2, 0.25) is 5.91 Å². The summed E-state index contributed by atoms with van der Waals surface area (Å²) in [5.74, 6) is 0.754. The van der Waals surface area contributed by atoms with Crippen molar-refractivity contribution in [1.29, 1.82) is 0 Å². The minimum Gasteiger partial charge on any atom is -0.491 e. The van der Waals surface area contributed by atoms with Crippen LogP contribution in [0.5, 0.6) is 5.75 Å². The van der Waals surface area contributed by atoms with Crippen LogP contribution in [-0.2, 0) is 28.9 Å². The predicted molar refractivity (Wildman–Crippen MR) is 90.9 cm³/mol. The van der Waals surface area contributed by atoms with Crippen molar-refractivity contribution < 1.29 is 14.3 Å². The van der Waals surface area contributed by atoms with Gasteiger partial charge in [0, 0.05) is 19.0 Å². The molecule has 1 N–H and O–H groups in total. The largest absolute Gasteiger partial charge is 0.491 e. The number of thiazole rings is 1. The molecule has 0 aliphatic rings. The van der Waals surface area contributed by atoms with Gasteiger partial charge < -0.3 is 14.8 Å². The zero-order valence-electron chi connectivity index (χ0n) is 13.5. The zero-order valence-corrected chi connectivity index (χ0v) is 14.3. The Bertz CT molecular complexity index is 628. The SMILES string of the molecule is CCc1nc(CC(=O)NCc2cccc(OCCOC)c2)cs1. The minimum atomic E-state index is -0.0244. The fourth-order valence-electron chi connectivity index (χ4n) is 2.01. The van der Waals surface area contributed by atoms with E-state index in [1.807, 2.05) is 29.6 Å². The van der Waals surface area contributed by atoms with Crippen molar-refractivity contribution in [3.63, 3.8) is 0 Å². The molecule has 23 heavy (non-hydrogen) atoms. The molecule has 0 spiro atoms. The zero-order chi connectivity index (χ0) is 16.5. The third kappa shape index (κ3) is 6.00. The first kappa shape index (κ1) is 17.4. The van der Waals surface area contributed by atoms with Gasteiger partial charge in [-0.15, -0.1) is 11.3 Å². The Morgan fingerprint density at radius 3 is 2.96 bits per heavy atom. The van der Waals surface area contributed by atoms with Crippen molar-refractivity contribution in [3.8, 4) is 5.75 Å². The average molecular weight is 334 g/mol. The third-order valence-electron chi connectivity index (χ3n) is 3.19. The van der Waals surface area contributed by atoms with Crippen LogP contribution < -0.4 is 10.1 Å². The second kappa shape index (κ2) is 9.27. The van der Waals surface area contributed by atoms with Crippen molar-refractivity contribution in [3.05, 3.63) is 45.9 Å². The predicted octanol–water partition coefficient (Wildman–Crippen LogP) is 2.59. The maximum Gasteiger partial charge on any atom is 0.226 e. The van der Waals surface area contributed by atoms with E-state index in [-0.39, 0.29) is 5.91 Å². The van der Waals surface area contributed by atoms with Gasteiger partial charge in [0.15, 0.2) is 0 Å². The van der Waals surface area contributed by atoms with Crippen molar-refractivity contribution in [2.45, 2.75) is 26.3 Å². The first-order valence-corrected chi connectivity index (χ1v) is 8.50. The Hall–Kier alpha value is -1.92. The first-order chi connectivity index (χ1) is 11.2. The number of aromatic nitrogens is 1. The number of carbonyl (C=O) groups excluding carboxylic acids is 1. The Kier molecular flexibility index (Phi) is 7.03. The average Bonchev–Trinajstić information content (AvgIpc) is 3.01. The highest BCUT2D eigenvalue weighted by Gasteiger charge is 2.07. The highest BCUT2D eigenvalue weighted by atomic mass is 32.1. The van der Waals surface area contributed by atoms with Crippen molar-refractivity contribution in [2.75, 3.05) is 20.3 Å². The molecule has 2 aromatic rings. The lowest BCUT2D eigenvalue weighted by molar-refractivity contribution is -0.120. The number of benzene rings is 1. The van der Waals surface area contributed by atoms with E-state index in [1.54, 1.807) is 18.4 Å². The van der Waals surface area contributed by atoms with Gasteiger partial charge in [-0.25, -0.2) is 4.98 Å². The van der Waals surface area contributed by atoms with Gasteiger partial charge in [-0.05, 0) is 24.1 Å². The van der Waals surface area contributed by atoms with Gasteiger partial charge in [0.05, 0.1) is 23.7 Å². The summed E-state index contributed by atoms with van der Waals surface area (Å²) in [6, 6.07) is 7.69. The lowest BCUT2D eigenvalue weighted by Gasteiger charge is -2.08. The minimum absolute atomic E-state index is 0.0244. The molecule has 1 aromatic heterocycles. The van der Waals surface area contributed by atoms with Crippen LogP contribution in [0, 0.1) is 0 Å². The molecule has 1 heterocycles. The maximum absolute atomic E-state index is 12.0. The summed E-state index contributed by atoms with van der Waals surface area (Å²) in [5, 5.41) is 5.93. The number of amides is 1. The van der Waals surface area contributed by atoms with E-state index in [0.717, 1.165) is 28.4 Å². The number of ether oxygens (including phenoxy) is 2. The van der Waals surface area contributed by atoms with Crippen LogP contribution in [0.3, 0.4) is 0 Å². The van der Waals surface area contributed by atoms with E-state index in [4.69, 9.17) is 9.47 Å². The molecule has 1 aromatic carbocycles. The topological polar surface area (TPSA) is 60.5 Å². The van der Waals surface area contributed by atoms with Gasteiger partial charge in [0.1, 0.15) is 12.4 Å². The molecule has 5 nitrogen and oxygen atoms in total. The molecule has 1 amide bonds. The molecule has 0 saturated heterocycles. The van der Waals surface area contributed by atoms with Gasteiger partial charge in [-0.1, -0.05) is 19.1 Å². The number of rotatable bonds is 9. The molecule has 0 unspecified atom stereocenters. The van der Waals surface area contributed by atoms with Gasteiger partial charge in [-0.3, -0.25) is 4.79 Å². The van der Waals surface area contributed by atoms with E-state index in [2.05, 4.69) is 17.2 Å². The second-order valence-corrected chi connectivity index (χ2v) is 5.97. The smallest absolute Gasteiger partial charge is 0.226 e. The molecule has 0 saturated carbocycles. The van der Waals surface area contributed by atoms with Gasteiger partial charge in [-0.2, -0.15) is 0 Å².